The van der Waals surface area contributed by atoms with Gasteiger partial charge in [-0.2, -0.15) is 5.10 Å². The highest BCUT2D eigenvalue weighted by atomic mass is 15.3. The first-order chi connectivity index (χ1) is 7.00. The van der Waals surface area contributed by atoms with E-state index >= 15 is 0 Å². The van der Waals surface area contributed by atoms with Crippen LogP contribution in [0.5, 0.6) is 0 Å². The van der Waals surface area contributed by atoms with Crippen LogP contribution in [0.2, 0.25) is 0 Å². The van der Waals surface area contributed by atoms with Gasteiger partial charge >= 0.3 is 0 Å². The third-order valence-electron chi connectivity index (χ3n) is 2.66. The molecule has 0 aliphatic rings. The van der Waals surface area contributed by atoms with Crippen LogP contribution in [0.15, 0.2) is 12.3 Å². The first kappa shape index (κ1) is 12.2. The van der Waals surface area contributed by atoms with Gasteiger partial charge in [0.05, 0.1) is 5.69 Å². The van der Waals surface area contributed by atoms with Crippen LogP contribution in [0.25, 0.3) is 0 Å². The monoisotopic (exact) mass is 209 g/mol. The van der Waals surface area contributed by atoms with E-state index in [1.54, 1.807) is 0 Å². The number of hydrogen-bond donors (Lipinski definition) is 1. The topological polar surface area (TPSA) is 29.9 Å². The molecule has 0 saturated heterocycles. The van der Waals surface area contributed by atoms with Gasteiger partial charge in [-0.05, 0) is 32.3 Å². The molecular weight excluding hydrogens is 186 g/mol. The number of nitrogens with one attached hydrogen (secondary N) is 1. The molecule has 1 heterocycles. The lowest BCUT2D eigenvalue weighted by molar-refractivity contribution is 0.397. The summed E-state index contributed by atoms with van der Waals surface area (Å²) in [5.74, 6) is 0.742. The van der Waals surface area contributed by atoms with E-state index in [1.165, 1.54) is 12.1 Å². The van der Waals surface area contributed by atoms with E-state index < -0.39 is 0 Å². The molecule has 3 nitrogen and oxygen atoms in total. The molecule has 15 heavy (non-hydrogen) atoms. The number of rotatable bonds is 5. The molecule has 1 aromatic heterocycles. The van der Waals surface area contributed by atoms with E-state index in [9.17, 15) is 0 Å². The predicted molar refractivity (Wildman–Crippen MR) is 63.7 cm³/mol. The van der Waals surface area contributed by atoms with E-state index in [-0.39, 0.29) is 0 Å². The van der Waals surface area contributed by atoms with Crippen molar-refractivity contribution in [1.82, 2.24) is 15.1 Å². The normalized spacial score (nSPS) is 15.6. The maximum Gasteiger partial charge on any atom is 0.0547 e. The molecule has 0 aliphatic carbocycles. The van der Waals surface area contributed by atoms with Crippen LogP contribution in [-0.2, 0) is 7.05 Å². The molecule has 0 aromatic carbocycles. The average Bonchev–Trinajstić information content (AvgIpc) is 2.49. The summed E-state index contributed by atoms with van der Waals surface area (Å²) >= 11 is 0. The van der Waals surface area contributed by atoms with Gasteiger partial charge < -0.3 is 5.32 Å². The van der Waals surface area contributed by atoms with Crippen molar-refractivity contribution in [3.05, 3.63) is 18.0 Å². The van der Waals surface area contributed by atoms with Crippen molar-refractivity contribution >= 4 is 0 Å². The summed E-state index contributed by atoms with van der Waals surface area (Å²) < 4.78 is 1.93. The summed E-state index contributed by atoms with van der Waals surface area (Å²) in [5, 5.41) is 7.78. The van der Waals surface area contributed by atoms with E-state index in [2.05, 4.69) is 44.2 Å². The highest BCUT2D eigenvalue weighted by molar-refractivity contribution is 5.05. The van der Waals surface area contributed by atoms with Crippen LogP contribution < -0.4 is 5.32 Å². The fourth-order valence-corrected chi connectivity index (χ4v) is 2.10. The van der Waals surface area contributed by atoms with Crippen LogP contribution in [0.1, 0.15) is 45.9 Å². The third kappa shape index (κ3) is 3.67. The third-order valence-corrected chi connectivity index (χ3v) is 2.66. The number of hydrogen-bond acceptors (Lipinski definition) is 2. The maximum atomic E-state index is 4.18. The Hall–Kier alpha value is -0.830. The summed E-state index contributed by atoms with van der Waals surface area (Å²) in [6.45, 7) is 8.94. The van der Waals surface area contributed by atoms with Gasteiger partial charge in [0, 0.05) is 25.3 Å². The fourth-order valence-electron chi connectivity index (χ4n) is 2.10. The lowest BCUT2D eigenvalue weighted by Crippen LogP contribution is -2.31. The van der Waals surface area contributed by atoms with Gasteiger partial charge in [0.25, 0.3) is 0 Å². The van der Waals surface area contributed by atoms with E-state index in [1.807, 2.05) is 17.9 Å². The molecule has 1 rings (SSSR count). The summed E-state index contributed by atoms with van der Waals surface area (Å²) in [7, 11) is 1.99. The van der Waals surface area contributed by atoms with Gasteiger partial charge in [0.1, 0.15) is 0 Å². The smallest absolute Gasteiger partial charge is 0.0547 e. The molecule has 0 bridgehead atoms. The van der Waals surface area contributed by atoms with Crippen molar-refractivity contribution in [2.45, 2.75) is 46.2 Å². The molecule has 0 fully saturated rings. The lowest BCUT2D eigenvalue weighted by atomic mass is 10.0. The van der Waals surface area contributed by atoms with Gasteiger partial charge in [-0.3, -0.25) is 4.68 Å². The van der Waals surface area contributed by atoms with Gasteiger partial charge in [-0.25, -0.2) is 0 Å². The molecular formula is C12H23N3. The molecule has 0 radical (unpaired) electrons. The largest absolute Gasteiger partial charge is 0.306 e. The zero-order chi connectivity index (χ0) is 11.4. The fraction of sp³-hybridized carbons (Fsp3) is 0.750. The van der Waals surface area contributed by atoms with Crippen LogP contribution in [0.3, 0.4) is 0 Å². The zero-order valence-corrected chi connectivity index (χ0v) is 10.5. The highest BCUT2D eigenvalue weighted by Gasteiger charge is 2.12. The maximum absolute atomic E-state index is 4.18. The Kier molecular flexibility index (Phi) is 4.33. The standard InChI is InChI=1S/C12H23N3/c1-9(2)8-10(3)14-11(4)12-6-7-13-15(12)5/h6-7,9-11,14H,8H2,1-5H3. The molecule has 2 atom stereocenters. The van der Waals surface area contributed by atoms with E-state index in [4.69, 9.17) is 0 Å². The molecule has 0 spiro atoms. The molecule has 1 aromatic rings. The number of aromatic nitrogens is 2. The minimum atomic E-state index is 0.367. The highest BCUT2D eigenvalue weighted by Crippen LogP contribution is 2.13. The predicted octanol–water partition coefficient (Wildman–Crippen LogP) is 2.51. The summed E-state index contributed by atoms with van der Waals surface area (Å²) in [5.41, 5.74) is 1.24. The van der Waals surface area contributed by atoms with Crippen LogP contribution >= 0.6 is 0 Å². The van der Waals surface area contributed by atoms with Crippen molar-refractivity contribution in [1.29, 1.82) is 0 Å². The van der Waals surface area contributed by atoms with E-state index in [0.717, 1.165) is 5.92 Å². The van der Waals surface area contributed by atoms with Crippen molar-refractivity contribution < 1.29 is 0 Å². The Morgan fingerprint density at radius 3 is 2.47 bits per heavy atom. The second-order valence-electron chi connectivity index (χ2n) is 4.80. The zero-order valence-electron chi connectivity index (χ0n) is 10.5. The van der Waals surface area contributed by atoms with Crippen molar-refractivity contribution in [2.24, 2.45) is 13.0 Å². The van der Waals surface area contributed by atoms with Crippen LogP contribution in [0.4, 0.5) is 0 Å². The first-order valence-corrected chi connectivity index (χ1v) is 5.74. The van der Waals surface area contributed by atoms with Gasteiger partial charge in [-0.15, -0.1) is 0 Å². The van der Waals surface area contributed by atoms with E-state index in [0.29, 0.717) is 12.1 Å². The first-order valence-electron chi connectivity index (χ1n) is 5.74. The summed E-state index contributed by atoms with van der Waals surface area (Å²) in [6.07, 6.45) is 3.06. The molecule has 1 N–H and O–H groups in total. The van der Waals surface area contributed by atoms with Crippen LogP contribution in [-0.4, -0.2) is 15.8 Å². The SMILES string of the molecule is CC(C)CC(C)NC(C)c1ccnn1C. The Labute approximate surface area is 92.9 Å². The van der Waals surface area contributed by atoms with Gasteiger partial charge in [-0.1, -0.05) is 13.8 Å². The Morgan fingerprint density at radius 2 is 2.00 bits per heavy atom. The van der Waals surface area contributed by atoms with Crippen molar-refractivity contribution in [2.75, 3.05) is 0 Å². The summed E-state index contributed by atoms with van der Waals surface area (Å²) in [6, 6.07) is 2.99. The van der Waals surface area contributed by atoms with Crippen molar-refractivity contribution in [3.63, 3.8) is 0 Å². The van der Waals surface area contributed by atoms with Gasteiger partial charge in [0.2, 0.25) is 0 Å². The van der Waals surface area contributed by atoms with Crippen molar-refractivity contribution in [3.8, 4) is 0 Å². The Bertz CT molecular complexity index is 291. The lowest BCUT2D eigenvalue weighted by Gasteiger charge is -2.21. The molecule has 0 saturated carbocycles. The van der Waals surface area contributed by atoms with Gasteiger partial charge in [0.15, 0.2) is 0 Å². The second kappa shape index (κ2) is 5.31. The van der Waals surface area contributed by atoms with Crippen LogP contribution in [0, 0.1) is 5.92 Å². The summed E-state index contributed by atoms with van der Waals surface area (Å²) in [4.78, 5) is 0. The molecule has 0 aliphatic heterocycles. The quantitative estimate of drug-likeness (QED) is 0.807. The molecule has 3 heteroatoms. The molecule has 0 amide bonds. The number of nitrogens with zero attached hydrogens (tertiary/aromatic N) is 2. The minimum absolute atomic E-state index is 0.367. The second-order valence-corrected chi connectivity index (χ2v) is 4.80. The number of aryl methyl sites for hydroxylation is 1. The Morgan fingerprint density at radius 1 is 1.33 bits per heavy atom. The average molecular weight is 209 g/mol. The molecule has 86 valence electrons. The Balaban J connectivity index is 2.49. The minimum Gasteiger partial charge on any atom is -0.306 e. The molecule has 2 unspecified atom stereocenters.